The SMILES string of the molecule is C[C@H]1O[C@@H](C(C)(C)C)OC(=O)[C@@H]1[C@@H]1C[C@H]2c3[nH]c4ccccc4c3CCN2C=C1C(=O)OC(C)(C)C. The molecule has 36 heavy (non-hydrogen) atoms. The van der Waals surface area contributed by atoms with Gasteiger partial charge in [0.05, 0.1) is 23.6 Å². The summed E-state index contributed by atoms with van der Waals surface area (Å²) in [4.78, 5) is 32.8. The van der Waals surface area contributed by atoms with Gasteiger partial charge in [0, 0.05) is 40.7 Å². The molecule has 7 heteroatoms. The Bertz CT molecular complexity index is 1210. The minimum absolute atomic E-state index is 0.0256. The van der Waals surface area contributed by atoms with E-state index in [1.807, 2.05) is 60.7 Å². The number of aromatic amines is 1. The summed E-state index contributed by atoms with van der Waals surface area (Å²) in [6, 6.07) is 8.38. The zero-order chi connectivity index (χ0) is 26.0. The lowest BCUT2D eigenvalue weighted by Gasteiger charge is -2.46. The molecule has 3 aliphatic rings. The number of H-pyrrole nitrogens is 1. The van der Waals surface area contributed by atoms with Gasteiger partial charge in [0.2, 0.25) is 6.29 Å². The molecule has 194 valence electrons. The van der Waals surface area contributed by atoms with E-state index in [1.54, 1.807) is 0 Å². The van der Waals surface area contributed by atoms with Crippen LogP contribution in [-0.2, 0) is 30.2 Å². The minimum atomic E-state index is -0.641. The van der Waals surface area contributed by atoms with Gasteiger partial charge in [0.15, 0.2) is 0 Å². The second kappa shape index (κ2) is 8.65. The maximum atomic E-state index is 13.5. The quantitative estimate of drug-likeness (QED) is 0.574. The third-order valence-electron chi connectivity index (χ3n) is 7.50. The average Bonchev–Trinajstić information content (AvgIpc) is 3.15. The summed E-state index contributed by atoms with van der Waals surface area (Å²) in [5.74, 6) is -1.68. The summed E-state index contributed by atoms with van der Waals surface area (Å²) in [5.41, 5.74) is 3.14. The Morgan fingerprint density at radius 3 is 2.53 bits per heavy atom. The Hall–Kier alpha value is -2.80. The number of carbonyl (C=O) groups is 2. The number of aromatic nitrogens is 1. The summed E-state index contributed by atoms with van der Waals surface area (Å²) >= 11 is 0. The number of carbonyl (C=O) groups excluding carboxylic acids is 2. The summed E-state index contributed by atoms with van der Waals surface area (Å²) < 4.78 is 17.8. The second-order valence-electron chi connectivity index (χ2n) is 12.5. The van der Waals surface area contributed by atoms with E-state index in [1.165, 1.54) is 10.9 Å². The summed E-state index contributed by atoms with van der Waals surface area (Å²) in [5, 5.41) is 1.24. The molecule has 1 N–H and O–H groups in total. The van der Waals surface area contributed by atoms with Gasteiger partial charge in [-0.2, -0.15) is 0 Å². The van der Waals surface area contributed by atoms with Crippen molar-refractivity contribution in [2.45, 2.75) is 85.3 Å². The highest BCUT2D eigenvalue weighted by Gasteiger charge is 2.50. The number of fused-ring (bicyclic) bond motifs is 5. The van der Waals surface area contributed by atoms with E-state index in [4.69, 9.17) is 14.2 Å². The van der Waals surface area contributed by atoms with Crippen molar-refractivity contribution >= 4 is 22.8 Å². The minimum Gasteiger partial charge on any atom is -0.457 e. The smallest absolute Gasteiger partial charge is 0.336 e. The molecule has 0 radical (unpaired) electrons. The van der Waals surface area contributed by atoms with Gasteiger partial charge in [-0.05, 0) is 52.2 Å². The third kappa shape index (κ3) is 4.42. The van der Waals surface area contributed by atoms with E-state index in [9.17, 15) is 9.59 Å². The number of nitrogens with one attached hydrogen (secondary N) is 1. The zero-order valence-electron chi connectivity index (χ0n) is 22.4. The van der Waals surface area contributed by atoms with E-state index < -0.39 is 23.9 Å². The molecule has 0 aliphatic carbocycles. The Kier molecular flexibility index (Phi) is 5.98. The van der Waals surface area contributed by atoms with Gasteiger partial charge >= 0.3 is 11.9 Å². The summed E-state index contributed by atoms with van der Waals surface area (Å²) in [6.07, 6.45) is 2.39. The highest BCUT2D eigenvalue weighted by Crippen LogP contribution is 2.47. The van der Waals surface area contributed by atoms with Gasteiger partial charge in [0.1, 0.15) is 5.60 Å². The molecule has 1 aromatic heterocycles. The molecule has 4 heterocycles. The maximum Gasteiger partial charge on any atom is 0.336 e. The molecule has 0 bridgehead atoms. The summed E-state index contributed by atoms with van der Waals surface area (Å²) in [6.45, 7) is 14.3. The van der Waals surface area contributed by atoms with Gasteiger partial charge in [-0.1, -0.05) is 39.0 Å². The van der Waals surface area contributed by atoms with Crippen molar-refractivity contribution in [2.24, 2.45) is 17.3 Å². The molecule has 5 rings (SSSR count). The number of para-hydroxylation sites is 1. The number of hydrogen-bond donors (Lipinski definition) is 1. The van der Waals surface area contributed by atoms with Crippen LogP contribution in [0, 0.1) is 17.3 Å². The van der Waals surface area contributed by atoms with E-state index in [0.29, 0.717) is 12.0 Å². The van der Waals surface area contributed by atoms with Crippen LogP contribution in [-0.4, -0.2) is 46.4 Å². The fourth-order valence-corrected chi connectivity index (χ4v) is 5.82. The van der Waals surface area contributed by atoms with E-state index in [2.05, 4.69) is 28.1 Å². The molecule has 0 spiro atoms. The predicted octanol–water partition coefficient (Wildman–Crippen LogP) is 5.26. The molecular formula is C29H38N2O5. The van der Waals surface area contributed by atoms with Crippen molar-refractivity contribution < 1.29 is 23.8 Å². The Morgan fingerprint density at radius 1 is 1.14 bits per heavy atom. The van der Waals surface area contributed by atoms with E-state index in [0.717, 1.165) is 24.2 Å². The molecule has 5 atom stereocenters. The van der Waals surface area contributed by atoms with Gasteiger partial charge in [0.25, 0.3) is 0 Å². The van der Waals surface area contributed by atoms with Gasteiger partial charge in [-0.15, -0.1) is 0 Å². The molecular weight excluding hydrogens is 456 g/mol. The van der Waals surface area contributed by atoms with Gasteiger partial charge < -0.3 is 24.1 Å². The van der Waals surface area contributed by atoms with Crippen LogP contribution in [0.2, 0.25) is 0 Å². The topological polar surface area (TPSA) is 80.9 Å². The van der Waals surface area contributed by atoms with Crippen molar-refractivity contribution in [3.05, 3.63) is 47.3 Å². The van der Waals surface area contributed by atoms with Crippen LogP contribution in [0.4, 0.5) is 0 Å². The van der Waals surface area contributed by atoms with Crippen LogP contribution in [0.3, 0.4) is 0 Å². The number of hydrogen-bond acceptors (Lipinski definition) is 6. The van der Waals surface area contributed by atoms with Crippen molar-refractivity contribution in [2.75, 3.05) is 6.54 Å². The standard InChI is InChI=1S/C29H38N2O5/c1-16-23(26(33)35-27(34-16)28(2,3)4)19-14-22-24-18(17-10-8-9-11-21(17)30-24)12-13-31(22)15-20(19)25(32)36-29(5,6)7/h8-11,15-16,19,22-23,27,30H,12-14H2,1-7H3/t16-,19-,22+,23+,27-/m1/s1. The number of rotatable bonds is 2. The number of cyclic esters (lactones) is 1. The Morgan fingerprint density at radius 2 is 1.86 bits per heavy atom. The number of benzene rings is 1. The first-order chi connectivity index (χ1) is 16.8. The lowest BCUT2D eigenvalue weighted by atomic mass is 9.74. The number of ether oxygens (including phenoxy) is 3. The first kappa shape index (κ1) is 24.9. The average molecular weight is 495 g/mol. The van der Waals surface area contributed by atoms with Crippen molar-refractivity contribution in [3.63, 3.8) is 0 Å². The van der Waals surface area contributed by atoms with Crippen LogP contribution in [0.15, 0.2) is 36.0 Å². The number of esters is 2. The Balaban J connectivity index is 1.54. The zero-order valence-corrected chi connectivity index (χ0v) is 22.4. The van der Waals surface area contributed by atoms with Crippen molar-refractivity contribution in [1.29, 1.82) is 0 Å². The fraction of sp³-hybridized carbons (Fsp3) is 0.586. The maximum absolute atomic E-state index is 13.5. The van der Waals surface area contributed by atoms with Crippen molar-refractivity contribution in [1.82, 2.24) is 9.88 Å². The molecule has 0 unspecified atom stereocenters. The van der Waals surface area contributed by atoms with Crippen molar-refractivity contribution in [3.8, 4) is 0 Å². The normalized spacial score (nSPS) is 28.8. The van der Waals surface area contributed by atoms with E-state index >= 15 is 0 Å². The highest BCUT2D eigenvalue weighted by molar-refractivity contribution is 5.91. The molecule has 3 aliphatic heterocycles. The monoisotopic (exact) mass is 494 g/mol. The second-order valence-corrected chi connectivity index (χ2v) is 12.5. The first-order valence-electron chi connectivity index (χ1n) is 13.0. The molecule has 0 amide bonds. The van der Waals surface area contributed by atoms with Crippen LogP contribution in [0.1, 0.15) is 72.2 Å². The summed E-state index contributed by atoms with van der Waals surface area (Å²) in [7, 11) is 0. The molecule has 1 saturated heterocycles. The fourth-order valence-electron chi connectivity index (χ4n) is 5.82. The predicted molar refractivity (Wildman–Crippen MR) is 137 cm³/mol. The molecule has 1 aromatic carbocycles. The first-order valence-corrected chi connectivity index (χ1v) is 13.0. The van der Waals surface area contributed by atoms with E-state index in [-0.39, 0.29) is 29.3 Å². The molecule has 1 fully saturated rings. The molecule has 2 aromatic rings. The van der Waals surface area contributed by atoms with Crippen LogP contribution >= 0.6 is 0 Å². The van der Waals surface area contributed by atoms with Crippen LogP contribution in [0.5, 0.6) is 0 Å². The van der Waals surface area contributed by atoms with Crippen LogP contribution in [0.25, 0.3) is 10.9 Å². The lowest BCUT2D eigenvalue weighted by Crippen LogP contribution is -2.52. The van der Waals surface area contributed by atoms with Gasteiger partial charge in [-0.3, -0.25) is 4.79 Å². The molecule has 7 nitrogen and oxygen atoms in total. The highest BCUT2D eigenvalue weighted by atomic mass is 16.7. The van der Waals surface area contributed by atoms with Crippen LogP contribution < -0.4 is 0 Å². The Labute approximate surface area is 213 Å². The lowest BCUT2D eigenvalue weighted by molar-refractivity contribution is -0.258. The third-order valence-corrected chi connectivity index (χ3v) is 7.50. The van der Waals surface area contributed by atoms with Gasteiger partial charge in [-0.25, -0.2) is 4.79 Å². The number of nitrogens with zero attached hydrogens (tertiary/aromatic N) is 1. The molecule has 0 saturated carbocycles. The largest absolute Gasteiger partial charge is 0.457 e.